The highest BCUT2D eigenvalue weighted by Crippen LogP contribution is 2.35. The Bertz CT molecular complexity index is 834. The van der Waals surface area contributed by atoms with E-state index in [1.165, 1.54) is 12.1 Å². The van der Waals surface area contributed by atoms with E-state index in [9.17, 15) is 8.42 Å². The Morgan fingerprint density at radius 3 is 2.68 bits per heavy atom. The van der Waals surface area contributed by atoms with Crippen molar-refractivity contribution >= 4 is 10.0 Å². The van der Waals surface area contributed by atoms with Gasteiger partial charge in [0.2, 0.25) is 16.8 Å². The minimum Gasteiger partial charge on any atom is -0.491 e. The van der Waals surface area contributed by atoms with E-state index in [1.54, 1.807) is 6.07 Å². The number of hydrogen-bond donors (Lipinski definition) is 1. The smallest absolute Gasteiger partial charge is 0.241 e. The average molecular weight is 319 g/mol. The molecule has 4 rings (SSSR count). The zero-order chi connectivity index (χ0) is 15.2. The second-order valence-corrected chi connectivity index (χ2v) is 6.75. The summed E-state index contributed by atoms with van der Waals surface area (Å²) in [6, 6.07) is 11.6. The number of nitrogens with one attached hydrogen (secondary N) is 1. The molecule has 0 amide bonds. The summed E-state index contributed by atoms with van der Waals surface area (Å²) in [6.07, 6.45) is 0. The van der Waals surface area contributed by atoms with Gasteiger partial charge in [0.1, 0.15) is 12.4 Å². The van der Waals surface area contributed by atoms with Crippen LogP contribution in [0.3, 0.4) is 0 Å². The van der Waals surface area contributed by atoms with E-state index < -0.39 is 16.1 Å². The lowest BCUT2D eigenvalue weighted by atomic mass is 10.1. The largest absolute Gasteiger partial charge is 0.491 e. The molecular formula is C15H13NO5S. The fraction of sp³-hybridized carbons (Fsp3) is 0.200. The van der Waals surface area contributed by atoms with Crippen LogP contribution in [0.2, 0.25) is 0 Å². The molecule has 2 aliphatic heterocycles. The zero-order valence-corrected chi connectivity index (χ0v) is 12.3. The van der Waals surface area contributed by atoms with Crippen LogP contribution in [0, 0.1) is 0 Å². The standard InChI is InChI=1S/C15H13NO5S/c17-22(18,10-5-6-14-15(7-10)21-9-20-14)16-12-8-19-13-4-2-1-3-11(12)13/h1-7,12,16H,8-9H2. The predicted octanol–water partition coefficient (Wildman–Crippen LogP) is 1.83. The van der Waals surface area contributed by atoms with Crippen LogP contribution in [-0.4, -0.2) is 21.8 Å². The molecule has 7 heteroatoms. The molecule has 0 fully saturated rings. The summed E-state index contributed by atoms with van der Waals surface area (Å²) >= 11 is 0. The molecule has 0 radical (unpaired) electrons. The molecule has 2 aromatic rings. The lowest BCUT2D eigenvalue weighted by Gasteiger charge is -2.12. The lowest BCUT2D eigenvalue weighted by molar-refractivity contribution is 0.174. The van der Waals surface area contributed by atoms with E-state index in [1.807, 2.05) is 24.3 Å². The van der Waals surface area contributed by atoms with E-state index in [4.69, 9.17) is 14.2 Å². The van der Waals surface area contributed by atoms with Crippen molar-refractivity contribution in [1.82, 2.24) is 4.72 Å². The van der Waals surface area contributed by atoms with Gasteiger partial charge < -0.3 is 14.2 Å². The third-order valence-corrected chi connectivity index (χ3v) is 5.12. The topological polar surface area (TPSA) is 73.9 Å². The minimum atomic E-state index is -3.67. The Kier molecular flexibility index (Phi) is 2.98. The molecule has 2 aliphatic rings. The molecule has 1 N–H and O–H groups in total. The molecule has 1 unspecified atom stereocenters. The van der Waals surface area contributed by atoms with Gasteiger partial charge in [-0.2, -0.15) is 0 Å². The summed E-state index contributed by atoms with van der Waals surface area (Å²) in [5.41, 5.74) is 0.840. The Labute approximate surface area is 127 Å². The van der Waals surface area contributed by atoms with Crippen molar-refractivity contribution < 1.29 is 22.6 Å². The van der Waals surface area contributed by atoms with Gasteiger partial charge in [0.05, 0.1) is 10.9 Å². The van der Waals surface area contributed by atoms with Gasteiger partial charge in [-0.3, -0.25) is 0 Å². The van der Waals surface area contributed by atoms with E-state index >= 15 is 0 Å². The Morgan fingerprint density at radius 1 is 0.955 bits per heavy atom. The number of benzene rings is 2. The third-order valence-electron chi connectivity index (χ3n) is 3.65. The maximum absolute atomic E-state index is 12.5. The minimum absolute atomic E-state index is 0.107. The van der Waals surface area contributed by atoms with E-state index in [-0.39, 0.29) is 18.3 Å². The molecular weight excluding hydrogens is 306 g/mol. The van der Waals surface area contributed by atoms with Crippen LogP contribution in [-0.2, 0) is 10.0 Å². The first kappa shape index (κ1) is 13.4. The normalized spacial score (nSPS) is 18.8. The molecule has 1 atom stereocenters. The summed E-state index contributed by atoms with van der Waals surface area (Å²) in [6.45, 7) is 0.388. The van der Waals surface area contributed by atoms with Crippen molar-refractivity contribution in [3.8, 4) is 17.2 Å². The lowest BCUT2D eigenvalue weighted by Crippen LogP contribution is -2.29. The van der Waals surface area contributed by atoms with Crippen LogP contribution in [0.25, 0.3) is 0 Å². The molecule has 0 saturated heterocycles. The van der Waals surface area contributed by atoms with Gasteiger partial charge in [-0.05, 0) is 18.2 Å². The molecule has 0 bridgehead atoms. The van der Waals surface area contributed by atoms with Crippen molar-refractivity contribution in [1.29, 1.82) is 0 Å². The van der Waals surface area contributed by atoms with Crippen molar-refractivity contribution in [3.63, 3.8) is 0 Å². The number of sulfonamides is 1. The van der Waals surface area contributed by atoms with Crippen LogP contribution in [0.4, 0.5) is 0 Å². The van der Waals surface area contributed by atoms with Gasteiger partial charge in [-0.15, -0.1) is 0 Å². The highest BCUT2D eigenvalue weighted by molar-refractivity contribution is 7.89. The predicted molar refractivity (Wildman–Crippen MR) is 77.6 cm³/mol. The van der Waals surface area contributed by atoms with E-state index in [0.717, 1.165) is 5.56 Å². The number of ether oxygens (including phenoxy) is 3. The first-order valence-electron chi connectivity index (χ1n) is 6.77. The molecule has 114 valence electrons. The van der Waals surface area contributed by atoms with Crippen LogP contribution in [0.15, 0.2) is 47.4 Å². The zero-order valence-electron chi connectivity index (χ0n) is 11.5. The quantitative estimate of drug-likeness (QED) is 0.934. The van der Waals surface area contributed by atoms with Gasteiger partial charge in [0.15, 0.2) is 11.5 Å². The van der Waals surface area contributed by atoms with Gasteiger partial charge in [0, 0.05) is 11.6 Å². The Morgan fingerprint density at radius 2 is 1.77 bits per heavy atom. The van der Waals surface area contributed by atoms with Crippen LogP contribution >= 0.6 is 0 Å². The second-order valence-electron chi connectivity index (χ2n) is 5.04. The van der Waals surface area contributed by atoms with Crippen LogP contribution < -0.4 is 18.9 Å². The fourth-order valence-corrected chi connectivity index (χ4v) is 3.77. The maximum atomic E-state index is 12.5. The summed E-state index contributed by atoms with van der Waals surface area (Å²) in [5, 5.41) is 0. The van der Waals surface area contributed by atoms with Crippen molar-refractivity contribution in [2.75, 3.05) is 13.4 Å². The van der Waals surface area contributed by atoms with Gasteiger partial charge in [-0.1, -0.05) is 18.2 Å². The number of rotatable bonds is 3. The number of para-hydroxylation sites is 1. The van der Waals surface area contributed by atoms with Gasteiger partial charge in [0.25, 0.3) is 0 Å². The van der Waals surface area contributed by atoms with E-state index in [2.05, 4.69) is 4.72 Å². The van der Waals surface area contributed by atoms with Crippen LogP contribution in [0.5, 0.6) is 17.2 Å². The molecule has 2 heterocycles. The molecule has 0 aromatic heterocycles. The highest BCUT2D eigenvalue weighted by Gasteiger charge is 2.29. The molecule has 0 spiro atoms. The summed E-state index contributed by atoms with van der Waals surface area (Å²) in [5.74, 6) is 1.69. The number of fused-ring (bicyclic) bond motifs is 2. The molecule has 6 nitrogen and oxygen atoms in total. The Hall–Kier alpha value is -2.25. The number of hydrogen-bond acceptors (Lipinski definition) is 5. The fourth-order valence-electron chi connectivity index (χ4n) is 2.56. The van der Waals surface area contributed by atoms with Crippen molar-refractivity contribution in [3.05, 3.63) is 48.0 Å². The van der Waals surface area contributed by atoms with Crippen LogP contribution in [0.1, 0.15) is 11.6 Å². The van der Waals surface area contributed by atoms with Crippen molar-refractivity contribution in [2.24, 2.45) is 0 Å². The molecule has 0 saturated carbocycles. The van der Waals surface area contributed by atoms with Gasteiger partial charge >= 0.3 is 0 Å². The summed E-state index contributed by atoms with van der Waals surface area (Å²) in [7, 11) is -3.67. The summed E-state index contributed by atoms with van der Waals surface area (Å²) in [4.78, 5) is 0.140. The molecule has 0 aliphatic carbocycles. The SMILES string of the molecule is O=S(=O)(NC1COc2ccccc21)c1ccc2c(c1)OCO2. The first-order valence-corrected chi connectivity index (χ1v) is 8.25. The molecule has 2 aromatic carbocycles. The third kappa shape index (κ3) is 2.18. The average Bonchev–Trinajstić information content (AvgIpc) is 3.13. The van der Waals surface area contributed by atoms with Gasteiger partial charge in [-0.25, -0.2) is 13.1 Å². The molecule has 22 heavy (non-hydrogen) atoms. The second kappa shape index (κ2) is 4.89. The summed E-state index contributed by atoms with van der Waals surface area (Å²) < 4.78 is 43.6. The first-order chi connectivity index (χ1) is 10.6. The Balaban J connectivity index is 1.63. The highest BCUT2D eigenvalue weighted by atomic mass is 32.2. The van der Waals surface area contributed by atoms with E-state index in [0.29, 0.717) is 17.2 Å². The maximum Gasteiger partial charge on any atom is 0.241 e. The monoisotopic (exact) mass is 319 g/mol. The van der Waals surface area contributed by atoms with Crippen molar-refractivity contribution in [2.45, 2.75) is 10.9 Å².